The topological polar surface area (TPSA) is 38.7 Å². The van der Waals surface area contributed by atoms with Crippen molar-refractivity contribution in [2.24, 2.45) is 4.99 Å². The predicted octanol–water partition coefficient (Wildman–Crippen LogP) is 4.91. The highest BCUT2D eigenvalue weighted by atomic mass is 35.5. The fourth-order valence-corrected chi connectivity index (χ4v) is 2.51. The van der Waals surface area contributed by atoms with Gasteiger partial charge in [0.1, 0.15) is 0 Å². The maximum Gasteiger partial charge on any atom is 0.363 e. The summed E-state index contributed by atoms with van der Waals surface area (Å²) >= 11 is 5.88. The molecule has 1 aliphatic rings. The quantitative estimate of drug-likeness (QED) is 0.444. The number of nitrogens with zero attached hydrogens (tertiary/aromatic N) is 1. The molecule has 6 heteroatoms. The minimum atomic E-state index is -1.10. The van der Waals surface area contributed by atoms with Crippen molar-refractivity contribution in [1.29, 1.82) is 0 Å². The van der Waals surface area contributed by atoms with Crippen LogP contribution in [0.5, 0.6) is 0 Å². The van der Waals surface area contributed by atoms with E-state index in [0.717, 1.165) is 23.3 Å². The van der Waals surface area contributed by atoms with Gasteiger partial charge in [-0.25, -0.2) is 18.6 Å². The van der Waals surface area contributed by atoms with Crippen LogP contribution in [0.3, 0.4) is 0 Å². The van der Waals surface area contributed by atoms with Crippen molar-refractivity contribution in [1.82, 2.24) is 0 Å². The van der Waals surface area contributed by atoms with E-state index in [1.165, 1.54) is 0 Å². The van der Waals surface area contributed by atoms with Crippen LogP contribution in [0.4, 0.5) is 8.78 Å². The Balaban J connectivity index is 1.93. The van der Waals surface area contributed by atoms with Crippen molar-refractivity contribution in [3.05, 3.63) is 87.6 Å². The second-order valence-electron chi connectivity index (χ2n) is 5.38. The number of cyclic esters (lactones) is 1. The van der Waals surface area contributed by atoms with Gasteiger partial charge in [0.05, 0.1) is 10.6 Å². The number of hydrogen-bond donors (Lipinski definition) is 0. The minimum absolute atomic E-state index is 0.0157. The fraction of sp³-hybridized carbons (Fsp3) is 0.0526. The lowest BCUT2D eigenvalue weighted by Crippen LogP contribution is -2.07. The zero-order chi connectivity index (χ0) is 18.0. The maximum atomic E-state index is 13.4. The Bertz CT molecular complexity index is 934. The molecule has 3 nitrogen and oxygen atoms in total. The van der Waals surface area contributed by atoms with Crippen LogP contribution >= 0.6 is 11.6 Å². The molecule has 0 saturated heterocycles. The third-order valence-corrected chi connectivity index (χ3v) is 3.73. The summed E-state index contributed by atoms with van der Waals surface area (Å²) in [5.41, 5.74) is 1.82. The van der Waals surface area contributed by atoms with E-state index in [1.807, 2.05) is 43.3 Å². The van der Waals surface area contributed by atoms with Crippen LogP contribution in [0.15, 0.2) is 64.8 Å². The summed E-state index contributed by atoms with van der Waals surface area (Å²) in [6.45, 7) is 1.81. The molecule has 1 heterocycles. The van der Waals surface area contributed by atoms with Crippen molar-refractivity contribution in [3.8, 4) is 0 Å². The number of benzene rings is 2. The normalized spacial score (nSPS) is 16.2. The molecule has 0 unspecified atom stereocenters. The summed E-state index contributed by atoms with van der Waals surface area (Å²) in [7, 11) is 0. The summed E-state index contributed by atoms with van der Waals surface area (Å²) < 4.78 is 31.6. The first-order chi connectivity index (χ1) is 11.9. The van der Waals surface area contributed by atoms with E-state index in [-0.39, 0.29) is 22.2 Å². The number of carbonyl (C=O) groups is 1. The third kappa shape index (κ3) is 3.83. The molecule has 0 atom stereocenters. The largest absolute Gasteiger partial charge is 0.402 e. The molecule has 0 bridgehead atoms. The van der Waals surface area contributed by atoms with E-state index in [1.54, 1.807) is 6.08 Å². The standard InChI is InChI=1S/C19H12ClF2NO2/c1-11(7-12-5-3-2-4-6-12)8-17-19(24)25-18(23-17)13-9-15(21)16(22)10-14(13)20/h2-10H,1H3. The first kappa shape index (κ1) is 17.0. The molecule has 0 radical (unpaired) electrons. The van der Waals surface area contributed by atoms with Gasteiger partial charge < -0.3 is 4.74 Å². The first-order valence-corrected chi connectivity index (χ1v) is 7.72. The summed E-state index contributed by atoms with van der Waals surface area (Å²) in [5, 5.41) is -0.0942. The minimum Gasteiger partial charge on any atom is -0.402 e. The molecule has 0 aliphatic carbocycles. The zero-order valence-electron chi connectivity index (χ0n) is 13.1. The highest BCUT2D eigenvalue weighted by molar-refractivity contribution is 6.34. The van der Waals surface area contributed by atoms with Crippen molar-refractivity contribution in [3.63, 3.8) is 0 Å². The molecule has 0 N–H and O–H groups in total. The average molecular weight is 360 g/mol. The smallest absolute Gasteiger partial charge is 0.363 e. The Hall–Kier alpha value is -2.79. The van der Waals surface area contributed by atoms with Crippen molar-refractivity contribution in [2.75, 3.05) is 0 Å². The highest BCUT2D eigenvalue weighted by Gasteiger charge is 2.26. The molecule has 25 heavy (non-hydrogen) atoms. The molecular formula is C19H12ClF2NO2. The van der Waals surface area contributed by atoms with Crippen molar-refractivity contribution < 1.29 is 18.3 Å². The molecule has 1 aliphatic heterocycles. The van der Waals surface area contributed by atoms with Crippen LogP contribution in [-0.4, -0.2) is 11.9 Å². The van der Waals surface area contributed by atoms with E-state index in [9.17, 15) is 13.6 Å². The SMILES string of the molecule is CC(=Cc1ccccc1)C=C1N=C(c2cc(F)c(F)cc2Cl)OC1=O. The lowest BCUT2D eigenvalue weighted by atomic mass is 10.1. The van der Waals surface area contributed by atoms with Crippen molar-refractivity contribution >= 4 is 29.5 Å². The van der Waals surface area contributed by atoms with Crippen LogP contribution in [0.25, 0.3) is 6.08 Å². The van der Waals surface area contributed by atoms with Gasteiger partial charge in [-0.2, -0.15) is 0 Å². The summed E-state index contributed by atoms with van der Waals surface area (Å²) in [6.07, 6.45) is 3.43. The monoisotopic (exact) mass is 359 g/mol. The van der Waals surface area contributed by atoms with Gasteiger partial charge >= 0.3 is 5.97 Å². The van der Waals surface area contributed by atoms with Gasteiger partial charge in [0.25, 0.3) is 0 Å². The Morgan fingerprint density at radius 2 is 1.84 bits per heavy atom. The maximum absolute atomic E-state index is 13.4. The van der Waals surface area contributed by atoms with Gasteiger partial charge in [-0.05, 0) is 36.3 Å². The number of hydrogen-bond acceptors (Lipinski definition) is 3. The molecule has 2 aromatic carbocycles. The average Bonchev–Trinajstić information content (AvgIpc) is 2.92. The molecule has 0 aromatic heterocycles. The van der Waals surface area contributed by atoms with E-state index in [2.05, 4.69) is 4.99 Å². The van der Waals surface area contributed by atoms with Gasteiger partial charge in [-0.15, -0.1) is 0 Å². The van der Waals surface area contributed by atoms with Gasteiger partial charge in [-0.1, -0.05) is 48.0 Å². The van der Waals surface area contributed by atoms with Crippen molar-refractivity contribution in [2.45, 2.75) is 6.92 Å². The number of ether oxygens (including phenoxy) is 1. The van der Waals surface area contributed by atoms with E-state index in [0.29, 0.717) is 0 Å². The van der Waals surface area contributed by atoms with Gasteiger partial charge in [0.15, 0.2) is 17.3 Å². The van der Waals surface area contributed by atoms with Gasteiger partial charge in [-0.3, -0.25) is 0 Å². The summed E-state index contributed by atoms with van der Waals surface area (Å²) in [5.74, 6) is -3.03. The van der Waals surface area contributed by atoms with E-state index < -0.39 is 17.6 Å². The lowest BCUT2D eigenvalue weighted by Gasteiger charge is -2.03. The zero-order valence-corrected chi connectivity index (χ0v) is 13.8. The third-order valence-electron chi connectivity index (χ3n) is 3.42. The Kier molecular flexibility index (Phi) is 4.76. The Morgan fingerprint density at radius 3 is 2.56 bits per heavy atom. The number of aliphatic imine (C=N–C) groups is 1. The molecule has 2 aromatic rings. The molecular weight excluding hydrogens is 348 g/mol. The second kappa shape index (κ2) is 6.99. The summed E-state index contributed by atoms with van der Waals surface area (Å²) in [4.78, 5) is 16.0. The highest BCUT2D eigenvalue weighted by Crippen LogP contribution is 2.25. The second-order valence-corrected chi connectivity index (χ2v) is 5.79. The predicted molar refractivity (Wildman–Crippen MR) is 92.2 cm³/mol. The molecule has 0 saturated carbocycles. The van der Waals surface area contributed by atoms with Crippen LogP contribution in [-0.2, 0) is 9.53 Å². The Morgan fingerprint density at radius 1 is 1.16 bits per heavy atom. The summed E-state index contributed by atoms with van der Waals surface area (Å²) in [6, 6.07) is 11.2. The van der Waals surface area contributed by atoms with Gasteiger partial charge in [0, 0.05) is 0 Å². The number of carbonyl (C=O) groups excluding carboxylic acids is 1. The fourth-order valence-electron chi connectivity index (χ4n) is 2.28. The van der Waals surface area contributed by atoms with Crippen LogP contribution in [0, 0.1) is 11.6 Å². The molecule has 0 amide bonds. The number of halogens is 3. The molecule has 0 spiro atoms. The van der Waals surface area contributed by atoms with E-state index >= 15 is 0 Å². The number of rotatable bonds is 3. The van der Waals surface area contributed by atoms with Crippen LogP contribution in [0.1, 0.15) is 18.1 Å². The van der Waals surface area contributed by atoms with E-state index in [4.69, 9.17) is 16.3 Å². The lowest BCUT2D eigenvalue weighted by molar-refractivity contribution is -0.130. The molecule has 0 fully saturated rings. The van der Waals surface area contributed by atoms with Crippen LogP contribution in [0.2, 0.25) is 5.02 Å². The molecule has 3 rings (SSSR count). The molecule has 126 valence electrons. The number of esters is 1. The number of allylic oxidation sites excluding steroid dienone is 2. The Labute approximate surface area is 147 Å². The van der Waals surface area contributed by atoms with Gasteiger partial charge in [0.2, 0.25) is 5.90 Å². The van der Waals surface area contributed by atoms with Crippen LogP contribution < -0.4 is 0 Å². The first-order valence-electron chi connectivity index (χ1n) is 7.35.